The van der Waals surface area contributed by atoms with E-state index in [0.717, 1.165) is 23.6 Å². The molecule has 6 heteroatoms. The highest BCUT2D eigenvalue weighted by molar-refractivity contribution is 6.30. The molecule has 0 aliphatic heterocycles. The Labute approximate surface area is 159 Å². The van der Waals surface area contributed by atoms with Gasteiger partial charge in [0.15, 0.2) is 0 Å². The predicted octanol–water partition coefficient (Wildman–Crippen LogP) is 3.80. The second-order valence-electron chi connectivity index (χ2n) is 6.78. The van der Waals surface area contributed by atoms with Gasteiger partial charge in [-0.1, -0.05) is 29.8 Å². The quantitative estimate of drug-likeness (QED) is 0.803. The summed E-state index contributed by atoms with van der Waals surface area (Å²) in [5, 5.41) is 3.81. The SMILES string of the molecule is COCC(c1ccccn1)N(C)C(=O)NCC1(c2ccc(Cl)cc2)CC1. The molecule has 1 aromatic carbocycles. The molecule has 1 aliphatic rings. The number of methoxy groups -OCH3 is 1. The zero-order valence-electron chi connectivity index (χ0n) is 15.1. The van der Waals surface area contributed by atoms with E-state index >= 15 is 0 Å². The molecular formula is C20H24ClN3O2. The Morgan fingerprint density at radius 1 is 1.31 bits per heavy atom. The molecule has 26 heavy (non-hydrogen) atoms. The minimum Gasteiger partial charge on any atom is -0.382 e. The molecule has 1 aromatic heterocycles. The fraction of sp³-hybridized carbons (Fsp3) is 0.400. The monoisotopic (exact) mass is 373 g/mol. The third-order valence-electron chi connectivity index (χ3n) is 5.03. The number of amides is 2. The molecule has 1 aliphatic carbocycles. The summed E-state index contributed by atoms with van der Waals surface area (Å²) in [6, 6.07) is 13.2. The van der Waals surface area contributed by atoms with Crippen molar-refractivity contribution in [3.8, 4) is 0 Å². The Kier molecular flexibility index (Phi) is 5.79. The van der Waals surface area contributed by atoms with E-state index in [1.54, 1.807) is 25.3 Å². The van der Waals surface area contributed by atoms with Gasteiger partial charge in [-0.3, -0.25) is 4.98 Å². The first-order valence-electron chi connectivity index (χ1n) is 8.72. The number of benzene rings is 1. The summed E-state index contributed by atoms with van der Waals surface area (Å²) in [5.41, 5.74) is 2.07. The normalized spacial score (nSPS) is 16.0. The highest BCUT2D eigenvalue weighted by Crippen LogP contribution is 2.47. The van der Waals surface area contributed by atoms with Crippen molar-refractivity contribution >= 4 is 17.6 Å². The number of aromatic nitrogens is 1. The molecule has 3 rings (SSSR count). The minimum atomic E-state index is -0.230. The predicted molar refractivity (Wildman–Crippen MR) is 102 cm³/mol. The standard InChI is InChI=1S/C20H24ClN3O2/c1-24(18(13-26-2)17-5-3-4-12-22-17)19(25)23-14-20(10-11-20)15-6-8-16(21)9-7-15/h3-9,12,18H,10-11,13-14H2,1-2H3,(H,23,25). The van der Waals surface area contributed by atoms with Gasteiger partial charge in [0.25, 0.3) is 0 Å². The number of nitrogens with one attached hydrogen (secondary N) is 1. The molecule has 0 spiro atoms. The van der Waals surface area contributed by atoms with Crippen LogP contribution in [0, 0.1) is 0 Å². The molecule has 0 radical (unpaired) electrons. The molecule has 1 N–H and O–H groups in total. The van der Waals surface area contributed by atoms with Gasteiger partial charge in [0.1, 0.15) is 0 Å². The van der Waals surface area contributed by atoms with Gasteiger partial charge in [0.2, 0.25) is 0 Å². The number of halogens is 1. The second-order valence-corrected chi connectivity index (χ2v) is 7.22. The lowest BCUT2D eigenvalue weighted by molar-refractivity contribution is 0.114. The van der Waals surface area contributed by atoms with Crippen LogP contribution >= 0.6 is 11.6 Å². The van der Waals surface area contributed by atoms with Crippen molar-refractivity contribution in [2.24, 2.45) is 0 Å². The highest BCUT2D eigenvalue weighted by Gasteiger charge is 2.44. The number of urea groups is 1. The summed E-state index contributed by atoms with van der Waals surface area (Å²) in [5.74, 6) is 0. The minimum absolute atomic E-state index is 0.0306. The topological polar surface area (TPSA) is 54.5 Å². The molecule has 1 saturated carbocycles. The number of nitrogens with zero attached hydrogens (tertiary/aromatic N) is 2. The fourth-order valence-corrected chi connectivity index (χ4v) is 3.29. The van der Waals surface area contributed by atoms with E-state index in [2.05, 4.69) is 10.3 Å². The number of hydrogen-bond acceptors (Lipinski definition) is 3. The van der Waals surface area contributed by atoms with Gasteiger partial charge in [-0.15, -0.1) is 0 Å². The lowest BCUT2D eigenvalue weighted by Crippen LogP contribution is -2.43. The van der Waals surface area contributed by atoms with E-state index in [0.29, 0.717) is 13.2 Å². The third kappa shape index (κ3) is 4.17. The number of hydrogen-bond donors (Lipinski definition) is 1. The zero-order chi connectivity index (χ0) is 18.6. The molecule has 2 aromatic rings. The average molecular weight is 374 g/mol. The first kappa shape index (κ1) is 18.7. The second kappa shape index (κ2) is 8.06. The Hall–Kier alpha value is -2.11. The third-order valence-corrected chi connectivity index (χ3v) is 5.28. The summed E-state index contributed by atoms with van der Waals surface area (Å²) < 4.78 is 5.29. The summed E-state index contributed by atoms with van der Waals surface area (Å²) in [4.78, 5) is 18.7. The van der Waals surface area contributed by atoms with Gasteiger partial charge >= 0.3 is 6.03 Å². The summed E-state index contributed by atoms with van der Waals surface area (Å²) in [6.45, 7) is 1.00. The Bertz CT molecular complexity index is 732. The van der Waals surface area contributed by atoms with Crippen molar-refractivity contribution < 1.29 is 9.53 Å². The van der Waals surface area contributed by atoms with Crippen LogP contribution in [0.1, 0.15) is 30.1 Å². The van der Waals surface area contributed by atoms with Gasteiger partial charge in [-0.25, -0.2) is 4.79 Å². The van der Waals surface area contributed by atoms with E-state index in [9.17, 15) is 4.79 Å². The number of carbonyl (C=O) groups excluding carboxylic acids is 1. The first-order chi connectivity index (χ1) is 12.6. The average Bonchev–Trinajstić information content (AvgIpc) is 3.46. The van der Waals surface area contributed by atoms with Gasteiger partial charge in [0, 0.05) is 37.3 Å². The molecule has 138 valence electrons. The molecule has 5 nitrogen and oxygen atoms in total. The number of pyridine rings is 1. The van der Waals surface area contributed by atoms with E-state index in [1.165, 1.54) is 5.56 Å². The largest absolute Gasteiger partial charge is 0.382 e. The molecule has 1 unspecified atom stereocenters. The van der Waals surface area contributed by atoms with Crippen LogP contribution < -0.4 is 5.32 Å². The van der Waals surface area contributed by atoms with Gasteiger partial charge in [-0.05, 0) is 42.7 Å². The number of carbonyl (C=O) groups is 1. The number of rotatable bonds is 7. The van der Waals surface area contributed by atoms with Crippen LogP contribution in [-0.2, 0) is 10.2 Å². The van der Waals surface area contributed by atoms with E-state index in [1.807, 2.05) is 42.5 Å². The first-order valence-corrected chi connectivity index (χ1v) is 9.10. The maximum absolute atomic E-state index is 12.7. The Morgan fingerprint density at radius 2 is 2.04 bits per heavy atom. The lowest BCUT2D eigenvalue weighted by atomic mass is 9.96. The molecule has 2 amide bonds. The molecule has 1 atom stereocenters. The summed E-state index contributed by atoms with van der Waals surface area (Å²) in [7, 11) is 3.40. The Morgan fingerprint density at radius 3 is 2.62 bits per heavy atom. The lowest BCUT2D eigenvalue weighted by Gasteiger charge is -2.28. The zero-order valence-corrected chi connectivity index (χ0v) is 15.9. The summed E-state index contributed by atoms with van der Waals surface area (Å²) >= 11 is 5.98. The molecule has 0 bridgehead atoms. The van der Waals surface area contributed by atoms with Gasteiger partial charge in [-0.2, -0.15) is 0 Å². The molecule has 1 heterocycles. The van der Waals surface area contributed by atoms with Crippen LogP contribution in [0.2, 0.25) is 5.02 Å². The van der Waals surface area contributed by atoms with Gasteiger partial charge < -0.3 is 15.0 Å². The van der Waals surface area contributed by atoms with Crippen molar-refractivity contribution in [3.05, 3.63) is 64.9 Å². The van der Waals surface area contributed by atoms with Crippen LogP contribution in [0.3, 0.4) is 0 Å². The highest BCUT2D eigenvalue weighted by atomic mass is 35.5. The number of ether oxygens (including phenoxy) is 1. The van der Waals surface area contributed by atoms with Crippen molar-refractivity contribution in [1.29, 1.82) is 0 Å². The molecule has 1 fully saturated rings. The van der Waals surface area contributed by atoms with Crippen molar-refractivity contribution in [2.75, 3.05) is 27.3 Å². The van der Waals surface area contributed by atoms with Crippen LogP contribution in [0.25, 0.3) is 0 Å². The summed E-state index contributed by atoms with van der Waals surface area (Å²) in [6.07, 6.45) is 3.87. The van der Waals surface area contributed by atoms with Crippen LogP contribution in [-0.4, -0.2) is 43.2 Å². The van der Waals surface area contributed by atoms with E-state index in [4.69, 9.17) is 16.3 Å². The smallest absolute Gasteiger partial charge is 0.317 e. The van der Waals surface area contributed by atoms with Gasteiger partial charge in [0.05, 0.1) is 18.3 Å². The Balaban J connectivity index is 1.64. The van der Waals surface area contributed by atoms with Crippen molar-refractivity contribution in [3.63, 3.8) is 0 Å². The maximum atomic E-state index is 12.7. The molecule has 0 saturated heterocycles. The van der Waals surface area contributed by atoms with Crippen molar-refractivity contribution in [1.82, 2.24) is 15.2 Å². The van der Waals surface area contributed by atoms with Crippen molar-refractivity contribution in [2.45, 2.75) is 24.3 Å². The fourth-order valence-electron chi connectivity index (χ4n) is 3.16. The van der Waals surface area contributed by atoms with E-state index in [-0.39, 0.29) is 17.5 Å². The molecular weight excluding hydrogens is 350 g/mol. The van der Waals surface area contributed by atoms with Crippen LogP contribution in [0.5, 0.6) is 0 Å². The maximum Gasteiger partial charge on any atom is 0.317 e. The van der Waals surface area contributed by atoms with E-state index < -0.39 is 0 Å². The van der Waals surface area contributed by atoms with Crippen LogP contribution in [0.15, 0.2) is 48.7 Å². The number of likely N-dealkylation sites (N-methyl/N-ethyl adjacent to an activating group) is 1. The van der Waals surface area contributed by atoms with Crippen LogP contribution in [0.4, 0.5) is 4.79 Å².